The van der Waals surface area contributed by atoms with E-state index >= 15 is 0 Å². The highest BCUT2D eigenvalue weighted by Crippen LogP contribution is 2.25. The molecule has 17 heavy (non-hydrogen) atoms. The van der Waals surface area contributed by atoms with Crippen LogP contribution in [0.25, 0.3) is 0 Å². The average molecular weight is 260 g/mol. The van der Waals surface area contributed by atoms with Crippen molar-refractivity contribution in [3.8, 4) is 0 Å². The molecule has 2 unspecified atom stereocenters. The molecule has 0 aromatic carbocycles. The average Bonchev–Trinajstić information content (AvgIpc) is 2.84. The second-order valence-electron chi connectivity index (χ2n) is 5.09. The van der Waals surface area contributed by atoms with E-state index in [1.807, 2.05) is 4.90 Å². The summed E-state index contributed by atoms with van der Waals surface area (Å²) < 4.78 is 22.6. The summed E-state index contributed by atoms with van der Waals surface area (Å²) in [6.45, 7) is 1.29. The van der Waals surface area contributed by atoms with Gasteiger partial charge in [-0.2, -0.15) is 0 Å². The minimum Gasteiger partial charge on any atom is -0.338 e. The fourth-order valence-electron chi connectivity index (χ4n) is 2.81. The summed E-state index contributed by atoms with van der Waals surface area (Å²) in [5.41, 5.74) is 5.62. The summed E-state index contributed by atoms with van der Waals surface area (Å²) >= 11 is 0. The van der Waals surface area contributed by atoms with Crippen LogP contribution in [0.2, 0.25) is 0 Å². The van der Waals surface area contributed by atoms with Gasteiger partial charge >= 0.3 is 0 Å². The summed E-state index contributed by atoms with van der Waals surface area (Å²) in [5.74, 6) is 0.525. The van der Waals surface area contributed by atoms with Crippen LogP contribution in [0.4, 0.5) is 0 Å². The van der Waals surface area contributed by atoms with Gasteiger partial charge in [0.2, 0.25) is 5.91 Å². The Morgan fingerprint density at radius 3 is 2.71 bits per heavy atom. The van der Waals surface area contributed by atoms with Gasteiger partial charge in [0.15, 0.2) is 9.84 Å². The monoisotopic (exact) mass is 260 g/mol. The van der Waals surface area contributed by atoms with Gasteiger partial charge < -0.3 is 10.6 Å². The molecular weight excluding hydrogens is 240 g/mol. The van der Waals surface area contributed by atoms with Crippen LogP contribution in [0.3, 0.4) is 0 Å². The summed E-state index contributed by atoms with van der Waals surface area (Å²) in [6.07, 6.45) is 2.99. The van der Waals surface area contributed by atoms with Crippen molar-refractivity contribution in [2.45, 2.75) is 31.7 Å². The number of likely N-dealkylation sites (tertiary alicyclic amines) is 1. The van der Waals surface area contributed by atoms with Gasteiger partial charge in [0.1, 0.15) is 0 Å². The lowest BCUT2D eigenvalue weighted by Crippen LogP contribution is -2.40. The molecule has 2 saturated heterocycles. The molecule has 0 saturated carbocycles. The van der Waals surface area contributed by atoms with Crippen LogP contribution >= 0.6 is 0 Å². The van der Waals surface area contributed by atoms with Crippen molar-refractivity contribution in [1.29, 1.82) is 0 Å². The van der Waals surface area contributed by atoms with Gasteiger partial charge in [-0.15, -0.1) is 0 Å². The summed E-state index contributed by atoms with van der Waals surface area (Å²) in [7, 11) is -2.88. The Hall–Kier alpha value is -0.620. The third kappa shape index (κ3) is 2.98. The van der Waals surface area contributed by atoms with Crippen molar-refractivity contribution in [2.75, 3.05) is 24.6 Å². The second-order valence-corrected chi connectivity index (χ2v) is 7.32. The molecule has 1 amide bonds. The van der Waals surface area contributed by atoms with Gasteiger partial charge in [-0.05, 0) is 25.2 Å². The molecule has 2 aliphatic rings. The standard InChI is InChI=1S/C11H20N2O3S/c12-7-10-2-1-4-13(10)11(14)6-9-3-5-17(15,16)8-9/h9-10H,1-8,12H2. The molecule has 2 N–H and O–H groups in total. The van der Waals surface area contributed by atoms with Gasteiger partial charge in [-0.1, -0.05) is 0 Å². The maximum atomic E-state index is 12.1. The van der Waals surface area contributed by atoms with E-state index in [2.05, 4.69) is 0 Å². The Kier molecular flexibility index (Phi) is 3.73. The van der Waals surface area contributed by atoms with Gasteiger partial charge in [-0.25, -0.2) is 8.42 Å². The molecular formula is C11H20N2O3S. The van der Waals surface area contributed by atoms with Crippen LogP contribution in [-0.2, 0) is 14.6 Å². The molecule has 0 aromatic rings. The van der Waals surface area contributed by atoms with E-state index in [-0.39, 0.29) is 29.4 Å². The Morgan fingerprint density at radius 2 is 2.12 bits per heavy atom. The zero-order valence-corrected chi connectivity index (χ0v) is 10.8. The predicted octanol–water partition coefficient (Wildman–Crippen LogP) is -0.239. The van der Waals surface area contributed by atoms with Gasteiger partial charge in [0.05, 0.1) is 11.5 Å². The quantitative estimate of drug-likeness (QED) is 0.759. The highest BCUT2D eigenvalue weighted by atomic mass is 32.2. The number of sulfone groups is 1. The Bertz CT molecular complexity index is 394. The van der Waals surface area contributed by atoms with E-state index in [1.165, 1.54) is 0 Å². The first kappa shape index (κ1) is 12.8. The Morgan fingerprint density at radius 1 is 1.35 bits per heavy atom. The van der Waals surface area contributed by atoms with Gasteiger partial charge in [0.25, 0.3) is 0 Å². The molecule has 0 aliphatic carbocycles. The smallest absolute Gasteiger partial charge is 0.223 e. The number of nitrogens with zero attached hydrogens (tertiary/aromatic N) is 1. The highest BCUT2D eigenvalue weighted by Gasteiger charge is 2.33. The minimum atomic E-state index is -2.88. The topological polar surface area (TPSA) is 80.5 Å². The van der Waals surface area contributed by atoms with E-state index in [4.69, 9.17) is 5.73 Å². The van der Waals surface area contributed by atoms with E-state index in [1.54, 1.807) is 0 Å². The number of nitrogens with two attached hydrogens (primary N) is 1. The van der Waals surface area contributed by atoms with Crippen molar-refractivity contribution < 1.29 is 13.2 Å². The highest BCUT2D eigenvalue weighted by molar-refractivity contribution is 7.91. The molecule has 2 rings (SSSR count). The SMILES string of the molecule is NCC1CCCN1C(=O)CC1CCS(=O)(=O)C1. The first-order valence-corrected chi connectivity index (χ1v) is 8.04. The lowest BCUT2D eigenvalue weighted by atomic mass is 10.0. The first-order valence-electron chi connectivity index (χ1n) is 6.22. The van der Waals surface area contributed by atoms with Crippen LogP contribution in [0, 0.1) is 5.92 Å². The van der Waals surface area contributed by atoms with Gasteiger partial charge in [-0.3, -0.25) is 4.79 Å². The molecule has 2 atom stereocenters. The maximum Gasteiger partial charge on any atom is 0.223 e. The van der Waals surface area contributed by atoms with Crippen molar-refractivity contribution in [3.05, 3.63) is 0 Å². The predicted molar refractivity (Wildman–Crippen MR) is 65.2 cm³/mol. The number of carbonyl (C=O) groups excluding carboxylic acids is 1. The molecule has 2 fully saturated rings. The number of carbonyl (C=O) groups is 1. The lowest BCUT2D eigenvalue weighted by Gasteiger charge is -2.24. The van der Waals surface area contributed by atoms with Crippen molar-refractivity contribution in [3.63, 3.8) is 0 Å². The number of rotatable bonds is 3. The summed E-state index contributed by atoms with van der Waals surface area (Å²) in [6, 6.07) is 0.167. The normalized spacial score (nSPS) is 31.9. The molecule has 98 valence electrons. The minimum absolute atomic E-state index is 0.0199. The lowest BCUT2D eigenvalue weighted by molar-refractivity contribution is -0.132. The van der Waals surface area contributed by atoms with Crippen molar-refractivity contribution >= 4 is 15.7 Å². The second kappa shape index (κ2) is 4.94. The van der Waals surface area contributed by atoms with Crippen molar-refractivity contribution in [2.24, 2.45) is 11.7 Å². The third-order valence-electron chi connectivity index (χ3n) is 3.76. The van der Waals surface area contributed by atoms with Gasteiger partial charge in [0, 0.05) is 25.6 Å². The molecule has 5 nitrogen and oxygen atoms in total. The van der Waals surface area contributed by atoms with Crippen LogP contribution in [0.15, 0.2) is 0 Å². The maximum absolute atomic E-state index is 12.1. The van der Waals surface area contributed by atoms with Crippen LogP contribution in [0.5, 0.6) is 0 Å². The molecule has 0 spiro atoms. The molecule has 0 aromatic heterocycles. The fourth-order valence-corrected chi connectivity index (χ4v) is 4.67. The molecule has 2 aliphatic heterocycles. The molecule has 0 bridgehead atoms. The number of hydrogen-bond donors (Lipinski definition) is 1. The zero-order valence-electron chi connectivity index (χ0n) is 9.97. The summed E-state index contributed by atoms with van der Waals surface area (Å²) in [5, 5.41) is 0. The first-order chi connectivity index (χ1) is 8.02. The molecule has 0 radical (unpaired) electrons. The third-order valence-corrected chi connectivity index (χ3v) is 5.60. The Labute approximate surface area is 102 Å². The van der Waals surface area contributed by atoms with Crippen LogP contribution in [0.1, 0.15) is 25.7 Å². The van der Waals surface area contributed by atoms with E-state index in [0.717, 1.165) is 19.4 Å². The van der Waals surface area contributed by atoms with E-state index in [0.29, 0.717) is 19.4 Å². The molecule has 6 heteroatoms. The summed E-state index contributed by atoms with van der Waals surface area (Å²) in [4.78, 5) is 13.9. The van der Waals surface area contributed by atoms with Crippen molar-refractivity contribution in [1.82, 2.24) is 4.90 Å². The van der Waals surface area contributed by atoms with Crippen LogP contribution in [-0.4, -0.2) is 49.9 Å². The zero-order chi connectivity index (χ0) is 12.5. The van der Waals surface area contributed by atoms with Crippen LogP contribution < -0.4 is 5.73 Å². The Balaban J connectivity index is 1.89. The number of hydrogen-bond acceptors (Lipinski definition) is 4. The molecule has 2 heterocycles. The number of amides is 1. The largest absolute Gasteiger partial charge is 0.338 e. The van der Waals surface area contributed by atoms with E-state index < -0.39 is 9.84 Å². The fraction of sp³-hybridized carbons (Fsp3) is 0.909. The van der Waals surface area contributed by atoms with E-state index in [9.17, 15) is 13.2 Å².